The van der Waals surface area contributed by atoms with Crippen molar-refractivity contribution in [3.8, 4) is 0 Å². The number of hydrogen-bond acceptors (Lipinski definition) is 4. The lowest BCUT2D eigenvalue weighted by atomic mass is 9.76. The van der Waals surface area contributed by atoms with Crippen molar-refractivity contribution in [3.63, 3.8) is 0 Å². The molecule has 0 aromatic carbocycles. The molecule has 1 N–H and O–H groups in total. The van der Waals surface area contributed by atoms with Crippen LogP contribution in [0.15, 0.2) is 12.3 Å². The molecule has 5 heteroatoms. The number of aliphatic hydroxyl groups is 1. The summed E-state index contributed by atoms with van der Waals surface area (Å²) in [7, 11) is 0. The van der Waals surface area contributed by atoms with Gasteiger partial charge in [-0.05, 0) is 31.2 Å². The van der Waals surface area contributed by atoms with Gasteiger partial charge in [0.05, 0.1) is 23.5 Å². The average molecular weight is 335 g/mol. The number of hydrogen-bond donors (Lipinski definition) is 1. The molecule has 2 aliphatic heterocycles. The van der Waals surface area contributed by atoms with E-state index in [1.165, 1.54) is 0 Å². The van der Waals surface area contributed by atoms with Crippen LogP contribution in [0.25, 0.3) is 0 Å². The van der Waals surface area contributed by atoms with E-state index in [0.717, 1.165) is 57.6 Å². The lowest BCUT2D eigenvalue weighted by Gasteiger charge is -2.50. The number of aliphatic hydroxyl groups excluding tert-OH is 1. The fourth-order valence-electron chi connectivity index (χ4n) is 4.02. The highest BCUT2D eigenvalue weighted by molar-refractivity contribution is 5.01. The summed E-state index contributed by atoms with van der Waals surface area (Å²) in [5.74, 6) is 0. The van der Waals surface area contributed by atoms with E-state index in [9.17, 15) is 5.11 Å². The van der Waals surface area contributed by atoms with E-state index >= 15 is 0 Å². The highest BCUT2D eigenvalue weighted by atomic mass is 16.5. The van der Waals surface area contributed by atoms with Crippen LogP contribution in [0.3, 0.4) is 0 Å². The van der Waals surface area contributed by atoms with Crippen molar-refractivity contribution < 1.29 is 9.84 Å². The number of aryl methyl sites for hydroxylation is 1. The zero-order valence-electron chi connectivity index (χ0n) is 15.7. The third kappa shape index (κ3) is 4.01. The van der Waals surface area contributed by atoms with Crippen LogP contribution in [-0.2, 0) is 17.8 Å². The molecule has 0 aliphatic carbocycles. The highest BCUT2D eigenvalue weighted by Gasteiger charge is 2.46. The van der Waals surface area contributed by atoms with Crippen molar-refractivity contribution in [2.24, 2.45) is 5.41 Å². The van der Waals surface area contributed by atoms with Crippen LogP contribution in [0.4, 0.5) is 0 Å². The molecule has 3 heterocycles. The molecule has 5 nitrogen and oxygen atoms in total. The predicted octanol–water partition coefficient (Wildman–Crippen LogP) is 2.82. The van der Waals surface area contributed by atoms with Gasteiger partial charge in [0.15, 0.2) is 0 Å². The zero-order valence-corrected chi connectivity index (χ0v) is 15.7. The van der Waals surface area contributed by atoms with Gasteiger partial charge in [0.25, 0.3) is 0 Å². The quantitative estimate of drug-likeness (QED) is 0.923. The number of rotatable bonds is 3. The molecule has 1 aromatic rings. The summed E-state index contributed by atoms with van der Waals surface area (Å²) in [6, 6.07) is 2.12. The Bertz CT molecular complexity index is 541. The molecule has 2 aliphatic rings. The fourth-order valence-corrected chi connectivity index (χ4v) is 4.02. The van der Waals surface area contributed by atoms with Gasteiger partial charge in [0, 0.05) is 45.2 Å². The maximum atomic E-state index is 10.4. The van der Waals surface area contributed by atoms with Crippen molar-refractivity contribution in [1.82, 2.24) is 14.7 Å². The second-order valence-electron chi connectivity index (χ2n) is 8.69. The predicted molar refractivity (Wildman–Crippen MR) is 94.7 cm³/mol. The van der Waals surface area contributed by atoms with Crippen molar-refractivity contribution in [1.29, 1.82) is 0 Å². The van der Waals surface area contributed by atoms with Crippen molar-refractivity contribution in [2.45, 2.75) is 84.3 Å². The zero-order chi connectivity index (χ0) is 17.4. The first kappa shape index (κ1) is 17.9. The molecule has 0 radical (unpaired) electrons. The van der Waals surface area contributed by atoms with Gasteiger partial charge < -0.3 is 9.84 Å². The summed E-state index contributed by atoms with van der Waals surface area (Å²) in [6.45, 7) is 12.6. The van der Waals surface area contributed by atoms with E-state index in [2.05, 4.69) is 50.0 Å². The van der Waals surface area contributed by atoms with Gasteiger partial charge in [0.1, 0.15) is 0 Å². The normalized spacial score (nSPS) is 28.4. The van der Waals surface area contributed by atoms with Crippen molar-refractivity contribution >= 4 is 0 Å². The topological polar surface area (TPSA) is 50.5 Å². The Morgan fingerprint density at radius 3 is 2.62 bits per heavy atom. The first-order valence-electron chi connectivity index (χ1n) is 9.40. The fraction of sp³-hybridized carbons (Fsp3) is 0.842. The second-order valence-corrected chi connectivity index (χ2v) is 8.69. The van der Waals surface area contributed by atoms with Crippen LogP contribution in [0.1, 0.15) is 59.1 Å². The van der Waals surface area contributed by atoms with Crippen molar-refractivity contribution in [2.75, 3.05) is 13.1 Å². The molecule has 0 unspecified atom stereocenters. The first-order chi connectivity index (χ1) is 11.3. The minimum atomic E-state index is -0.227. The van der Waals surface area contributed by atoms with Gasteiger partial charge in [-0.1, -0.05) is 20.8 Å². The maximum Gasteiger partial charge on any atom is 0.0764 e. The minimum Gasteiger partial charge on any atom is -0.393 e. The number of nitrogens with zero attached hydrogens (tertiary/aromatic N) is 3. The highest BCUT2D eigenvalue weighted by Crippen LogP contribution is 2.42. The summed E-state index contributed by atoms with van der Waals surface area (Å²) in [5, 5.41) is 15.0. The Labute approximate surface area is 146 Å². The summed E-state index contributed by atoms with van der Waals surface area (Å²) < 4.78 is 8.54. The van der Waals surface area contributed by atoms with Crippen LogP contribution >= 0.6 is 0 Å². The van der Waals surface area contributed by atoms with Crippen molar-refractivity contribution in [3.05, 3.63) is 18.0 Å². The Morgan fingerprint density at radius 1 is 1.33 bits per heavy atom. The Balaban J connectivity index is 1.59. The van der Waals surface area contributed by atoms with E-state index in [1.807, 2.05) is 4.68 Å². The second kappa shape index (κ2) is 6.77. The molecule has 1 spiro atoms. The third-order valence-corrected chi connectivity index (χ3v) is 5.62. The molecular formula is C19H33N3O2. The van der Waals surface area contributed by atoms with E-state index in [4.69, 9.17) is 4.74 Å². The molecular weight excluding hydrogens is 302 g/mol. The molecule has 2 atom stereocenters. The van der Waals surface area contributed by atoms with Gasteiger partial charge in [-0.25, -0.2) is 0 Å². The smallest absolute Gasteiger partial charge is 0.0764 e. The molecule has 1 aromatic heterocycles. The minimum absolute atomic E-state index is 0.0819. The molecule has 2 fully saturated rings. The molecule has 0 saturated carbocycles. The van der Waals surface area contributed by atoms with E-state index < -0.39 is 0 Å². The first-order valence-corrected chi connectivity index (χ1v) is 9.40. The Kier molecular flexibility index (Phi) is 5.05. The molecule has 3 rings (SSSR count). The average Bonchev–Trinajstić information content (AvgIpc) is 2.96. The van der Waals surface area contributed by atoms with Gasteiger partial charge in [-0.3, -0.25) is 9.58 Å². The summed E-state index contributed by atoms with van der Waals surface area (Å²) in [6.07, 6.45) is 5.54. The monoisotopic (exact) mass is 335 g/mol. The lowest BCUT2D eigenvalue weighted by Crippen LogP contribution is -2.55. The number of piperidine rings is 1. The van der Waals surface area contributed by atoms with Crippen LogP contribution in [-0.4, -0.2) is 50.7 Å². The molecule has 2 saturated heterocycles. The molecule has 0 amide bonds. The summed E-state index contributed by atoms with van der Waals surface area (Å²) in [4.78, 5) is 2.46. The number of likely N-dealkylation sites (tertiary alicyclic amines) is 1. The summed E-state index contributed by atoms with van der Waals surface area (Å²) >= 11 is 0. The van der Waals surface area contributed by atoms with Gasteiger partial charge >= 0.3 is 0 Å². The maximum absolute atomic E-state index is 10.4. The molecule has 136 valence electrons. The largest absolute Gasteiger partial charge is 0.393 e. The van der Waals surface area contributed by atoms with Crippen LogP contribution in [0.5, 0.6) is 0 Å². The Hall–Kier alpha value is -0.910. The third-order valence-electron chi connectivity index (χ3n) is 5.62. The van der Waals surface area contributed by atoms with E-state index in [0.29, 0.717) is 0 Å². The van der Waals surface area contributed by atoms with E-state index in [1.54, 1.807) is 0 Å². The number of ether oxygens (including phenoxy) is 1. The van der Waals surface area contributed by atoms with Gasteiger partial charge in [-0.15, -0.1) is 0 Å². The summed E-state index contributed by atoms with van der Waals surface area (Å²) in [5.41, 5.74) is 1.10. The standard InChI is InChI=1S/C19H33N3O2/c1-5-22-9-6-15(20-22)14-21-10-7-19(8-11-21)13-16(23)12-17(24-19)18(2,3)4/h6,9,16-17,23H,5,7-8,10-14H2,1-4H3/t16-,17-/m1/s1. The Morgan fingerprint density at radius 2 is 2.04 bits per heavy atom. The number of aromatic nitrogens is 2. The van der Waals surface area contributed by atoms with Crippen LogP contribution in [0.2, 0.25) is 0 Å². The van der Waals surface area contributed by atoms with Gasteiger partial charge in [0.2, 0.25) is 0 Å². The van der Waals surface area contributed by atoms with Crippen LogP contribution in [0, 0.1) is 5.41 Å². The van der Waals surface area contributed by atoms with E-state index in [-0.39, 0.29) is 23.2 Å². The SMILES string of the molecule is CCn1ccc(CN2CCC3(CC2)C[C@H](O)C[C@H](C(C)(C)C)O3)n1. The molecule has 0 bridgehead atoms. The molecule has 24 heavy (non-hydrogen) atoms. The lowest BCUT2D eigenvalue weighted by molar-refractivity contribution is -0.208. The van der Waals surface area contributed by atoms with Gasteiger partial charge in [-0.2, -0.15) is 5.10 Å². The van der Waals surface area contributed by atoms with Crippen LogP contribution < -0.4 is 0 Å².